The highest BCUT2D eigenvalue weighted by Crippen LogP contribution is 2.28. The van der Waals surface area contributed by atoms with E-state index in [2.05, 4.69) is 15.3 Å². The minimum absolute atomic E-state index is 0.0379. The van der Waals surface area contributed by atoms with Crippen molar-refractivity contribution < 1.29 is 13.2 Å². The number of fused-ring (bicyclic) bond motifs is 1. The van der Waals surface area contributed by atoms with Crippen molar-refractivity contribution in [2.24, 2.45) is 0 Å². The molecular weight excluding hydrogens is 252 g/mol. The van der Waals surface area contributed by atoms with Crippen molar-refractivity contribution in [3.8, 4) is 11.5 Å². The van der Waals surface area contributed by atoms with E-state index >= 15 is 0 Å². The molecule has 0 aliphatic heterocycles. The van der Waals surface area contributed by atoms with Crippen molar-refractivity contribution in [3.05, 3.63) is 42.1 Å². The van der Waals surface area contributed by atoms with Gasteiger partial charge in [0.15, 0.2) is 11.6 Å². The van der Waals surface area contributed by atoms with Gasteiger partial charge < -0.3 is 9.73 Å². The molecule has 0 unspecified atom stereocenters. The van der Waals surface area contributed by atoms with Crippen LogP contribution in [0.2, 0.25) is 0 Å². The van der Waals surface area contributed by atoms with E-state index in [1.54, 1.807) is 13.1 Å². The molecule has 0 fully saturated rings. The summed E-state index contributed by atoms with van der Waals surface area (Å²) in [6, 6.07) is 5.64. The summed E-state index contributed by atoms with van der Waals surface area (Å²) in [5, 5.41) is 3.27. The maximum atomic E-state index is 13.7. The Morgan fingerprint density at radius 3 is 2.84 bits per heavy atom. The summed E-state index contributed by atoms with van der Waals surface area (Å²) in [4.78, 5) is 7.75. The monoisotopic (exact) mass is 261 g/mol. The smallest absolute Gasteiger partial charge is 0.223 e. The van der Waals surface area contributed by atoms with Gasteiger partial charge in [0.2, 0.25) is 5.95 Å². The van der Waals surface area contributed by atoms with Crippen molar-refractivity contribution in [2.75, 3.05) is 12.4 Å². The predicted molar refractivity (Wildman–Crippen MR) is 66.7 cm³/mol. The molecule has 19 heavy (non-hydrogen) atoms. The first-order chi connectivity index (χ1) is 9.17. The summed E-state index contributed by atoms with van der Waals surface area (Å²) in [5.41, 5.74) is 0.511. The zero-order chi connectivity index (χ0) is 13.4. The number of halogens is 2. The number of anilines is 1. The molecule has 2 heterocycles. The van der Waals surface area contributed by atoms with Crippen LogP contribution in [0.25, 0.3) is 22.4 Å². The molecule has 0 saturated carbocycles. The van der Waals surface area contributed by atoms with Crippen molar-refractivity contribution in [2.45, 2.75) is 0 Å². The average Bonchev–Trinajstić information content (AvgIpc) is 2.82. The number of furan rings is 1. The Balaban J connectivity index is 2.18. The molecule has 0 bridgehead atoms. The van der Waals surface area contributed by atoms with E-state index in [1.807, 2.05) is 0 Å². The lowest BCUT2D eigenvalue weighted by Crippen LogP contribution is -1.99. The van der Waals surface area contributed by atoms with E-state index in [9.17, 15) is 8.78 Å². The van der Waals surface area contributed by atoms with Crippen LogP contribution in [0.15, 0.2) is 34.9 Å². The largest absolute Gasteiger partial charge is 0.454 e. The van der Waals surface area contributed by atoms with Gasteiger partial charge >= 0.3 is 0 Å². The van der Waals surface area contributed by atoms with E-state index in [4.69, 9.17) is 4.42 Å². The van der Waals surface area contributed by atoms with Crippen LogP contribution in [0, 0.1) is 11.6 Å². The molecule has 0 spiro atoms. The highest BCUT2D eigenvalue weighted by atomic mass is 19.1. The summed E-state index contributed by atoms with van der Waals surface area (Å²) in [6.45, 7) is 0. The Bertz CT molecular complexity index is 755. The first-order valence-electron chi connectivity index (χ1n) is 5.57. The van der Waals surface area contributed by atoms with Gasteiger partial charge in [0.1, 0.15) is 17.1 Å². The molecule has 0 aliphatic rings. The van der Waals surface area contributed by atoms with Gasteiger partial charge in [-0.05, 0) is 24.3 Å². The molecular formula is C13H9F2N3O. The first-order valence-corrected chi connectivity index (χ1v) is 5.57. The molecule has 6 heteroatoms. The zero-order valence-electron chi connectivity index (χ0n) is 9.95. The van der Waals surface area contributed by atoms with Gasteiger partial charge in [0, 0.05) is 12.4 Å². The fourth-order valence-electron chi connectivity index (χ4n) is 1.79. The summed E-state index contributed by atoms with van der Waals surface area (Å²) in [5.74, 6) is -0.461. The molecule has 0 atom stereocenters. The number of hydrogen-bond acceptors (Lipinski definition) is 4. The van der Waals surface area contributed by atoms with Gasteiger partial charge in [-0.3, -0.25) is 0 Å². The Morgan fingerprint density at radius 2 is 2.05 bits per heavy atom. The molecule has 4 nitrogen and oxygen atoms in total. The van der Waals surface area contributed by atoms with Crippen LogP contribution < -0.4 is 5.32 Å². The van der Waals surface area contributed by atoms with E-state index in [0.717, 1.165) is 6.20 Å². The minimum Gasteiger partial charge on any atom is -0.454 e. The van der Waals surface area contributed by atoms with E-state index in [-0.39, 0.29) is 23.2 Å². The molecule has 0 aliphatic carbocycles. The Morgan fingerprint density at radius 1 is 1.21 bits per heavy atom. The fourth-order valence-corrected chi connectivity index (χ4v) is 1.79. The minimum atomic E-state index is -0.599. The van der Waals surface area contributed by atoms with Gasteiger partial charge in [0.25, 0.3) is 0 Å². The topological polar surface area (TPSA) is 51.0 Å². The lowest BCUT2D eigenvalue weighted by molar-refractivity contribution is 0.589. The lowest BCUT2D eigenvalue weighted by atomic mass is 10.2. The second kappa shape index (κ2) is 4.31. The van der Waals surface area contributed by atoms with Crippen molar-refractivity contribution in [3.63, 3.8) is 0 Å². The summed E-state index contributed by atoms with van der Waals surface area (Å²) >= 11 is 0. The second-order valence-electron chi connectivity index (χ2n) is 3.93. The second-order valence-corrected chi connectivity index (χ2v) is 3.93. The van der Waals surface area contributed by atoms with E-state index < -0.39 is 5.82 Å². The van der Waals surface area contributed by atoms with Gasteiger partial charge in [-0.2, -0.15) is 0 Å². The molecule has 0 saturated heterocycles. The Kier molecular flexibility index (Phi) is 2.63. The Hall–Kier alpha value is -2.50. The summed E-state index contributed by atoms with van der Waals surface area (Å²) in [7, 11) is 1.63. The van der Waals surface area contributed by atoms with Crippen molar-refractivity contribution in [1.82, 2.24) is 9.97 Å². The third-order valence-electron chi connectivity index (χ3n) is 2.68. The fraction of sp³-hybridized carbons (Fsp3) is 0.0769. The van der Waals surface area contributed by atoms with Crippen LogP contribution >= 0.6 is 0 Å². The maximum absolute atomic E-state index is 13.7. The van der Waals surface area contributed by atoms with Gasteiger partial charge in [0.05, 0.1) is 6.20 Å². The van der Waals surface area contributed by atoms with Gasteiger partial charge in [-0.25, -0.2) is 18.7 Å². The van der Waals surface area contributed by atoms with Crippen molar-refractivity contribution in [1.29, 1.82) is 0 Å². The van der Waals surface area contributed by atoms with Crippen LogP contribution in [0.3, 0.4) is 0 Å². The van der Waals surface area contributed by atoms with Gasteiger partial charge in [-0.15, -0.1) is 0 Å². The Labute approximate surface area is 107 Å². The molecule has 96 valence electrons. The number of nitrogens with zero attached hydrogens (tertiary/aromatic N) is 2. The SMILES string of the molecule is CNc1ncc(F)c(-c2cc3cc(F)ccc3o2)n1. The van der Waals surface area contributed by atoms with Gasteiger partial charge in [-0.1, -0.05) is 0 Å². The molecule has 2 aromatic heterocycles. The number of benzene rings is 1. The van der Waals surface area contributed by atoms with Crippen LogP contribution in [0.4, 0.5) is 14.7 Å². The third-order valence-corrected chi connectivity index (χ3v) is 2.68. The third kappa shape index (κ3) is 2.01. The summed E-state index contributed by atoms with van der Waals surface area (Å²) < 4.78 is 32.3. The number of rotatable bonds is 2. The average molecular weight is 261 g/mol. The molecule has 0 amide bonds. The van der Waals surface area contributed by atoms with Crippen LogP contribution in [-0.4, -0.2) is 17.0 Å². The molecule has 1 N–H and O–H groups in total. The van der Waals surface area contributed by atoms with Crippen LogP contribution in [0.5, 0.6) is 0 Å². The van der Waals surface area contributed by atoms with E-state index in [0.29, 0.717) is 11.0 Å². The molecule has 3 aromatic rings. The lowest BCUT2D eigenvalue weighted by Gasteiger charge is -2.01. The zero-order valence-corrected chi connectivity index (χ0v) is 9.95. The normalized spacial score (nSPS) is 10.9. The molecule has 0 radical (unpaired) electrons. The molecule has 3 rings (SSSR count). The standard InChI is InChI=1S/C13H9F2N3O/c1-16-13-17-6-9(15)12(18-13)11-5-7-4-8(14)2-3-10(7)19-11/h2-6H,1H3,(H,16,17,18). The highest BCUT2D eigenvalue weighted by Gasteiger charge is 2.14. The number of hydrogen-bond donors (Lipinski definition) is 1. The quantitative estimate of drug-likeness (QED) is 0.769. The predicted octanol–water partition coefficient (Wildman–Crippen LogP) is 3.21. The van der Waals surface area contributed by atoms with Crippen molar-refractivity contribution >= 4 is 16.9 Å². The number of nitrogens with one attached hydrogen (secondary N) is 1. The highest BCUT2D eigenvalue weighted by molar-refractivity contribution is 5.82. The molecule has 1 aromatic carbocycles. The first kappa shape index (κ1) is 11.6. The van der Waals surface area contributed by atoms with Crippen LogP contribution in [-0.2, 0) is 0 Å². The van der Waals surface area contributed by atoms with Crippen LogP contribution in [0.1, 0.15) is 0 Å². The van der Waals surface area contributed by atoms with E-state index in [1.165, 1.54) is 18.2 Å². The summed E-state index contributed by atoms with van der Waals surface area (Å²) in [6.07, 6.45) is 1.06. The number of aromatic nitrogens is 2. The maximum Gasteiger partial charge on any atom is 0.223 e.